The summed E-state index contributed by atoms with van der Waals surface area (Å²) >= 11 is 0. The van der Waals surface area contributed by atoms with Gasteiger partial charge in [-0.2, -0.15) is 13.2 Å². The van der Waals surface area contributed by atoms with Gasteiger partial charge >= 0.3 is 12.1 Å². The van der Waals surface area contributed by atoms with Crippen molar-refractivity contribution in [3.8, 4) is 5.75 Å². The van der Waals surface area contributed by atoms with E-state index >= 15 is 0 Å². The number of nitrogens with zero attached hydrogens (tertiary/aromatic N) is 4. The van der Waals surface area contributed by atoms with Gasteiger partial charge in [0, 0.05) is 29.9 Å². The zero-order valence-corrected chi connectivity index (χ0v) is 28.9. The Morgan fingerprint density at radius 2 is 1.58 bits per heavy atom. The average Bonchev–Trinajstić information content (AvgIpc) is 3.69. The third kappa shape index (κ3) is 5.55. The third-order valence-corrected chi connectivity index (χ3v) is 13.8. The fourth-order valence-corrected chi connectivity index (χ4v) is 11.6. The Kier molecular flexibility index (Phi) is 7.89. The van der Waals surface area contributed by atoms with Crippen molar-refractivity contribution in [1.29, 1.82) is 0 Å². The van der Waals surface area contributed by atoms with E-state index in [1.54, 1.807) is 4.90 Å². The van der Waals surface area contributed by atoms with Crippen molar-refractivity contribution in [2.45, 2.75) is 119 Å². The van der Waals surface area contributed by atoms with Crippen LogP contribution >= 0.6 is 0 Å². The molecule has 1 spiro atoms. The van der Waals surface area contributed by atoms with E-state index in [0.717, 1.165) is 69.5 Å². The molecule has 1 saturated heterocycles. The van der Waals surface area contributed by atoms with Gasteiger partial charge in [-0.05, 0) is 118 Å². The van der Waals surface area contributed by atoms with Crippen molar-refractivity contribution in [2.24, 2.45) is 23.7 Å². The van der Waals surface area contributed by atoms with Crippen LogP contribution in [0.5, 0.6) is 5.75 Å². The highest BCUT2D eigenvalue weighted by Gasteiger charge is 2.62. The monoisotopic (exact) mass is 729 g/mol. The number of halogens is 5. The largest absolute Gasteiger partial charge is 0.490 e. The molecule has 280 valence electrons. The van der Waals surface area contributed by atoms with Crippen LogP contribution in [0.15, 0.2) is 24.4 Å². The van der Waals surface area contributed by atoms with Crippen LogP contribution in [0.25, 0.3) is 0 Å². The number of benzene rings is 1. The molecule has 1 aromatic carbocycles. The number of carboxylic acid groups (broad SMARTS) is 1. The molecule has 2 N–H and O–H groups in total. The molecule has 9 nitrogen and oxygen atoms in total. The first-order valence-corrected chi connectivity index (χ1v) is 18.9. The number of hydrogen-bond donors (Lipinski definition) is 2. The van der Waals surface area contributed by atoms with Crippen LogP contribution in [-0.4, -0.2) is 75.1 Å². The molecule has 1 aromatic heterocycles. The van der Waals surface area contributed by atoms with E-state index in [1.165, 1.54) is 0 Å². The number of alkyl halides is 5. The Morgan fingerprint density at radius 1 is 0.923 bits per heavy atom. The van der Waals surface area contributed by atoms with Gasteiger partial charge in [0.25, 0.3) is 11.8 Å². The molecule has 10 rings (SSSR count). The second-order valence-corrected chi connectivity index (χ2v) is 16.9. The first-order chi connectivity index (χ1) is 24.7. The summed E-state index contributed by atoms with van der Waals surface area (Å²) in [5.41, 5.74) is -2.42. The Labute approximate surface area is 298 Å². The second kappa shape index (κ2) is 12.0. The maximum Gasteiger partial charge on any atom is 0.434 e. The fourth-order valence-electron chi connectivity index (χ4n) is 11.6. The third-order valence-electron chi connectivity index (χ3n) is 13.8. The minimum absolute atomic E-state index is 0.0522. The van der Waals surface area contributed by atoms with E-state index in [4.69, 9.17) is 4.74 Å². The number of amides is 1. The van der Waals surface area contributed by atoms with Crippen LogP contribution in [0.2, 0.25) is 0 Å². The summed E-state index contributed by atoms with van der Waals surface area (Å²) in [5.74, 6) is -4.24. The standard InChI is InChI=1S/C38H44F5N5O4/c39-36(40)19-47(20-36)25-3-5-26(6-4-25)52-27-7-8-30-29(16-27)35(9-1-2-10-35)18-48(30)34-44-17-28(31(45-34)38(41,42)43)32(49)46-37(33(50)51)23-12-21-11-22(14-23)15-24(37)13-21/h7-8,16-17,21-26H,1-6,9-15,18-20H2,(H,46,49)(H,50,51)/t21?,22?,23?,24?,25-,26-,37?. The maximum absolute atomic E-state index is 14.7. The fraction of sp³-hybridized carbons (Fsp3) is 0.684. The van der Waals surface area contributed by atoms with Crippen molar-refractivity contribution in [2.75, 3.05) is 24.5 Å². The molecule has 3 heterocycles. The summed E-state index contributed by atoms with van der Waals surface area (Å²) in [6.45, 7) is 0.0291. The molecule has 6 saturated carbocycles. The lowest BCUT2D eigenvalue weighted by Gasteiger charge is -2.59. The average molecular weight is 730 g/mol. The van der Waals surface area contributed by atoms with Crippen molar-refractivity contribution in [3.63, 3.8) is 0 Å². The number of aliphatic carboxylic acids is 1. The van der Waals surface area contributed by atoms with E-state index in [-0.39, 0.29) is 48.4 Å². The number of carboxylic acids is 1. The van der Waals surface area contributed by atoms with Crippen LogP contribution in [0.4, 0.5) is 33.6 Å². The van der Waals surface area contributed by atoms with Crippen molar-refractivity contribution in [1.82, 2.24) is 20.2 Å². The number of carbonyl (C=O) groups excluding carboxylic acids is 1. The van der Waals surface area contributed by atoms with E-state index in [9.17, 15) is 36.6 Å². The summed E-state index contributed by atoms with van der Waals surface area (Å²) in [4.78, 5) is 38.5. The van der Waals surface area contributed by atoms with E-state index in [2.05, 4.69) is 15.3 Å². The van der Waals surface area contributed by atoms with Gasteiger partial charge in [-0.15, -0.1) is 0 Å². The van der Waals surface area contributed by atoms with Gasteiger partial charge in [-0.3, -0.25) is 9.69 Å². The molecule has 0 atom stereocenters. The first kappa shape index (κ1) is 34.2. The number of carbonyl (C=O) groups is 2. The summed E-state index contributed by atoms with van der Waals surface area (Å²) in [6.07, 6.45) is 6.21. The Bertz CT molecular complexity index is 1740. The molecular weight excluding hydrogens is 685 g/mol. The van der Waals surface area contributed by atoms with Gasteiger partial charge in [0.1, 0.15) is 11.3 Å². The zero-order chi connectivity index (χ0) is 36.2. The van der Waals surface area contributed by atoms with Gasteiger partial charge in [-0.1, -0.05) is 12.8 Å². The van der Waals surface area contributed by atoms with E-state index in [1.807, 2.05) is 23.1 Å². The number of nitrogens with one attached hydrogen (secondary N) is 1. The van der Waals surface area contributed by atoms with Gasteiger partial charge < -0.3 is 20.1 Å². The highest BCUT2D eigenvalue weighted by Crippen LogP contribution is 2.59. The molecule has 4 bridgehead atoms. The Balaban J connectivity index is 0.967. The number of fused-ring (bicyclic) bond motifs is 2. The van der Waals surface area contributed by atoms with E-state index in [0.29, 0.717) is 55.5 Å². The molecule has 2 aliphatic heterocycles. The Hall–Kier alpha value is -3.55. The van der Waals surface area contributed by atoms with Crippen LogP contribution in [0.1, 0.15) is 105 Å². The highest BCUT2D eigenvalue weighted by atomic mass is 19.4. The molecule has 2 aromatic rings. The van der Waals surface area contributed by atoms with Gasteiger partial charge in [0.05, 0.1) is 24.8 Å². The van der Waals surface area contributed by atoms with Crippen LogP contribution in [0, 0.1) is 23.7 Å². The quantitative estimate of drug-likeness (QED) is 0.291. The van der Waals surface area contributed by atoms with Crippen LogP contribution in [-0.2, 0) is 16.4 Å². The number of likely N-dealkylation sites (tertiary alicyclic amines) is 1. The van der Waals surface area contributed by atoms with Gasteiger partial charge in [0.2, 0.25) is 5.95 Å². The normalized spacial score (nSPS) is 34.3. The van der Waals surface area contributed by atoms with Crippen LogP contribution < -0.4 is 15.0 Å². The molecule has 8 aliphatic rings. The molecule has 0 unspecified atom stereocenters. The number of hydrogen-bond acceptors (Lipinski definition) is 7. The molecular formula is C38H44F5N5O4. The van der Waals surface area contributed by atoms with Crippen molar-refractivity contribution >= 4 is 23.5 Å². The number of rotatable bonds is 7. The lowest BCUT2D eigenvalue weighted by atomic mass is 9.48. The number of ether oxygens (including phenoxy) is 1. The Morgan fingerprint density at radius 3 is 2.17 bits per heavy atom. The molecule has 0 radical (unpaired) electrons. The summed E-state index contributed by atoms with van der Waals surface area (Å²) in [6, 6.07) is 5.78. The minimum atomic E-state index is -4.99. The number of anilines is 2. The minimum Gasteiger partial charge on any atom is -0.490 e. The van der Waals surface area contributed by atoms with Crippen LogP contribution in [0.3, 0.4) is 0 Å². The lowest BCUT2D eigenvalue weighted by Crippen LogP contribution is -2.70. The highest BCUT2D eigenvalue weighted by molar-refractivity contribution is 5.99. The zero-order valence-electron chi connectivity index (χ0n) is 28.9. The summed E-state index contributed by atoms with van der Waals surface area (Å²) < 4.78 is 77.4. The van der Waals surface area contributed by atoms with Gasteiger partial charge in [-0.25, -0.2) is 23.5 Å². The summed E-state index contributed by atoms with van der Waals surface area (Å²) in [5, 5.41) is 13.1. The van der Waals surface area contributed by atoms with Crippen molar-refractivity contribution < 1.29 is 41.4 Å². The maximum atomic E-state index is 14.7. The smallest absolute Gasteiger partial charge is 0.434 e. The molecule has 14 heteroatoms. The number of aromatic nitrogens is 2. The molecule has 7 fully saturated rings. The van der Waals surface area contributed by atoms with Crippen molar-refractivity contribution in [3.05, 3.63) is 41.2 Å². The predicted molar refractivity (Wildman–Crippen MR) is 179 cm³/mol. The molecule has 6 aliphatic carbocycles. The topological polar surface area (TPSA) is 108 Å². The SMILES string of the molecule is O=C(NC1(C(=O)O)C2CC3CC(C2)CC1C3)c1cnc(N2CC3(CCCC3)c3cc(O[C@H]4CC[C@H](N5CC(F)(F)C5)CC4)ccc32)nc1C(F)(F)F. The summed E-state index contributed by atoms with van der Waals surface area (Å²) in [7, 11) is 0. The second-order valence-electron chi connectivity index (χ2n) is 16.9. The predicted octanol–water partition coefficient (Wildman–Crippen LogP) is 7.11. The van der Waals surface area contributed by atoms with Gasteiger partial charge in [0.15, 0.2) is 5.69 Å². The molecule has 1 amide bonds. The van der Waals surface area contributed by atoms with E-state index < -0.39 is 40.8 Å². The molecule has 52 heavy (non-hydrogen) atoms. The lowest BCUT2D eigenvalue weighted by molar-refractivity contribution is -0.163. The first-order valence-electron chi connectivity index (χ1n) is 18.9.